The molecule has 0 aliphatic heterocycles. The summed E-state index contributed by atoms with van der Waals surface area (Å²) in [4.78, 5) is 12.2. The fourth-order valence-electron chi connectivity index (χ4n) is 2.97. The zero-order chi connectivity index (χ0) is 18.4. The van der Waals surface area contributed by atoms with Gasteiger partial charge < -0.3 is 10.1 Å². The molecule has 0 heterocycles. The number of ether oxygens (including phenoxy) is 1. The number of nitrogens with one attached hydrogen (secondary N) is 1. The van der Waals surface area contributed by atoms with Gasteiger partial charge in [-0.05, 0) is 31.0 Å². The highest BCUT2D eigenvalue weighted by molar-refractivity contribution is 7.89. The van der Waals surface area contributed by atoms with Gasteiger partial charge in [-0.15, -0.1) is 0 Å². The molecule has 6 nitrogen and oxygen atoms in total. The monoisotopic (exact) mass is 388 g/mol. The average molecular weight is 389 g/mol. The molecule has 1 saturated carbocycles. The topological polar surface area (TPSA) is 75.7 Å². The Morgan fingerprint density at radius 3 is 2.48 bits per heavy atom. The molecule has 0 radical (unpaired) electrons. The maximum Gasteiger partial charge on any atom is 0.243 e. The Hall–Kier alpha value is -1.31. The van der Waals surface area contributed by atoms with Crippen LogP contribution < -0.4 is 10.1 Å². The van der Waals surface area contributed by atoms with E-state index in [1.165, 1.54) is 45.2 Å². The van der Waals surface area contributed by atoms with E-state index in [1.807, 2.05) is 0 Å². The summed E-state index contributed by atoms with van der Waals surface area (Å²) in [5, 5.41) is 3.16. The van der Waals surface area contributed by atoms with Crippen molar-refractivity contribution in [1.29, 1.82) is 0 Å². The van der Waals surface area contributed by atoms with Crippen molar-refractivity contribution in [3.63, 3.8) is 0 Å². The average Bonchev–Trinajstić information content (AvgIpc) is 2.83. The van der Waals surface area contributed by atoms with E-state index >= 15 is 0 Å². The number of rotatable bonds is 6. The number of carbonyl (C=O) groups excluding carboxylic acids is 1. The smallest absolute Gasteiger partial charge is 0.243 e. The standard InChI is InChI=1S/C17H25ClN2O4S/c1-20(12-17(21)19-13-7-5-3-4-6-8-13)25(22,23)14-9-10-16(24-2)15(18)11-14/h9-11,13H,3-8,12H2,1-2H3,(H,19,21). The van der Waals surface area contributed by atoms with Gasteiger partial charge in [0.25, 0.3) is 0 Å². The van der Waals surface area contributed by atoms with Gasteiger partial charge in [-0.25, -0.2) is 8.42 Å². The number of halogens is 1. The van der Waals surface area contributed by atoms with Crippen molar-refractivity contribution in [2.45, 2.75) is 49.5 Å². The molecule has 1 fully saturated rings. The summed E-state index contributed by atoms with van der Waals surface area (Å²) in [5.41, 5.74) is 0. The number of sulfonamides is 1. The molecule has 25 heavy (non-hydrogen) atoms. The Labute approximate surface area is 154 Å². The minimum absolute atomic E-state index is 0.0306. The number of likely N-dealkylation sites (N-methyl/N-ethyl adjacent to an activating group) is 1. The van der Waals surface area contributed by atoms with Crippen LogP contribution in [-0.2, 0) is 14.8 Å². The van der Waals surface area contributed by atoms with Crippen molar-refractivity contribution in [2.24, 2.45) is 0 Å². The van der Waals surface area contributed by atoms with E-state index in [0.29, 0.717) is 5.75 Å². The van der Waals surface area contributed by atoms with Crippen LogP contribution in [0.3, 0.4) is 0 Å². The van der Waals surface area contributed by atoms with Crippen molar-refractivity contribution in [1.82, 2.24) is 9.62 Å². The molecule has 0 saturated heterocycles. The Bertz CT molecular complexity index is 701. The largest absolute Gasteiger partial charge is 0.495 e. The Balaban J connectivity index is 2.01. The number of amides is 1. The third kappa shape index (κ3) is 5.33. The highest BCUT2D eigenvalue weighted by Gasteiger charge is 2.25. The van der Waals surface area contributed by atoms with E-state index in [4.69, 9.17) is 16.3 Å². The Kier molecular flexibility index (Phi) is 7.10. The van der Waals surface area contributed by atoms with E-state index in [-0.39, 0.29) is 28.4 Å². The van der Waals surface area contributed by atoms with Gasteiger partial charge in [0.1, 0.15) is 5.75 Å². The molecular weight excluding hydrogens is 364 g/mol. The molecule has 0 bridgehead atoms. The lowest BCUT2D eigenvalue weighted by Crippen LogP contribution is -2.42. The fourth-order valence-corrected chi connectivity index (χ4v) is 4.45. The fraction of sp³-hybridized carbons (Fsp3) is 0.588. The van der Waals surface area contributed by atoms with Crippen molar-refractivity contribution in [2.75, 3.05) is 20.7 Å². The lowest BCUT2D eigenvalue weighted by atomic mass is 10.1. The van der Waals surface area contributed by atoms with Crippen LogP contribution in [0, 0.1) is 0 Å². The first-order chi connectivity index (χ1) is 11.8. The van der Waals surface area contributed by atoms with Gasteiger partial charge in [0.15, 0.2) is 0 Å². The van der Waals surface area contributed by atoms with Crippen molar-refractivity contribution in [3.05, 3.63) is 23.2 Å². The van der Waals surface area contributed by atoms with Gasteiger partial charge in [0.05, 0.1) is 23.6 Å². The molecule has 0 unspecified atom stereocenters. The van der Waals surface area contributed by atoms with Crippen molar-refractivity contribution in [3.8, 4) is 5.75 Å². The Morgan fingerprint density at radius 2 is 1.92 bits per heavy atom. The van der Waals surface area contributed by atoms with Crippen LogP contribution in [0.2, 0.25) is 5.02 Å². The lowest BCUT2D eigenvalue weighted by molar-refractivity contribution is -0.121. The maximum absolute atomic E-state index is 12.6. The molecule has 0 spiro atoms. The number of methoxy groups -OCH3 is 1. The minimum Gasteiger partial charge on any atom is -0.495 e. The zero-order valence-corrected chi connectivity index (χ0v) is 16.2. The highest BCUT2D eigenvalue weighted by Crippen LogP contribution is 2.28. The van der Waals surface area contributed by atoms with Gasteiger partial charge in [-0.2, -0.15) is 4.31 Å². The van der Waals surface area contributed by atoms with Crippen LogP contribution in [0.25, 0.3) is 0 Å². The van der Waals surface area contributed by atoms with Gasteiger partial charge in [0, 0.05) is 13.1 Å². The molecule has 0 atom stereocenters. The van der Waals surface area contributed by atoms with Crippen LogP contribution in [0.1, 0.15) is 38.5 Å². The third-order valence-corrected chi connectivity index (χ3v) is 6.51. The molecule has 1 N–H and O–H groups in total. The van der Waals surface area contributed by atoms with E-state index in [0.717, 1.165) is 30.0 Å². The number of hydrogen-bond acceptors (Lipinski definition) is 4. The van der Waals surface area contributed by atoms with Gasteiger partial charge in [0.2, 0.25) is 15.9 Å². The number of hydrogen-bond donors (Lipinski definition) is 1. The predicted octanol–water partition coefficient (Wildman–Crippen LogP) is 2.81. The van der Waals surface area contributed by atoms with Crippen LogP contribution in [-0.4, -0.2) is 45.4 Å². The molecule has 0 aromatic heterocycles. The molecule has 140 valence electrons. The number of benzene rings is 1. The van der Waals surface area contributed by atoms with Gasteiger partial charge >= 0.3 is 0 Å². The molecule has 1 aromatic rings. The highest BCUT2D eigenvalue weighted by atomic mass is 35.5. The summed E-state index contributed by atoms with van der Waals surface area (Å²) in [7, 11) is -0.950. The SMILES string of the molecule is COc1ccc(S(=O)(=O)N(C)CC(=O)NC2CCCCCC2)cc1Cl. The molecule has 1 amide bonds. The molecule has 8 heteroatoms. The Morgan fingerprint density at radius 1 is 1.28 bits per heavy atom. The second-order valence-corrected chi connectivity index (χ2v) is 8.77. The summed E-state index contributed by atoms with van der Waals surface area (Å²) < 4.78 is 31.3. The van der Waals surface area contributed by atoms with Crippen LogP contribution in [0.5, 0.6) is 5.75 Å². The first kappa shape index (κ1) is 20.0. The van der Waals surface area contributed by atoms with E-state index in [2.05, 4.69) is 5.32 Å². The first-order valence-electron chi connectivity index (χ1n) is 8.44. The van der Waals surface area contributed by atoms with E-state index < -0.39 is 10.0 Å². The second-order valence-electron chi connectivity index (χ2n) is 6.31. The summed E-state index contributed by atoms with van der Waals surface area (Å²) in [6, 6.07) is 4.38. The number of nitrogens with zero attached hydrogens (tertiary/aromatic N) is 1. The second kappa shape index (κ2) is 8.87. The van der Waals surface area contributed by atoms with E-state index in [1.54, 1.807) is 0 Å². The summed E-state index contributed by atoms with van der Waals surface area (Å²) in [5.74, 6) is 0.118. The van der Waals surface area contributed by atoms with E-state index in [9.17, 15) is 13.2 Å². The normalized spacial score (nSPS) is 16.5. The van der Waals surface area contributed by atoms with Crippen molar-refractivity contribution < 1.29 is 17.9 Å². The predicted molar refractivity (Wildman–Crippen MR) is 97.5 cm³/mol. The zero-order valence-electron chi connectivity index (χ0n) is 14.6. The van der Waals surface area contributed by atoms with Crippen molar-refractivity contribution >= 4 is 27.5 Å². The molecular formula is C17H25ClN2O4S. The summed E-state index contributed by atoms with van der Waals surface area (Å²) in [6.07, 6.45) is 6.50. The molecule has 1 aromatic carbocycles. The lowest BCUT2D eigenvalue weighted by Gasteiger charge is -2.20. The van der Waals surface area contributed by atoms with Crippen LogP contribution in [0.4, 0.5) is 0 Å². The molecule has 2 rings (SSSR count). The quantitative estimate of drug-likeness (QED) is 0.760. The number of carbonyl (C=O) groups is 1. The van der Waals surface area contributed by atoms with Crippen LogP contribution >= 0.6 is 11.6 Å². The maximum atomic E-state index is 12.6. The first-order valence-corrected chi connectivity index (χ1v) is 10.3. The van der Waals surface area contributed by atoms with Crippen LogP contribution in [0.15, 0.2) is 23.1 Å². The van der Waals surface area contributed by atoms with Gasteiger partial charge in [-0.3, -0.25) is 4.79 Å². The minimum atomic E-state index is -3.80. The molecule has 1 aliphatic rings. The summed E-state index contributed by atoms with van der Waals surface area (Å²) in [6.45, 7) is -0.220. The summed E-state index contributed by atoms with van der Waals surface area (Å²) >= 11 is 6.00. The van der Waals surface area contributed by atoms with Gasteiger partial charge in [-0.1, -0.05) is 37.3 Å². The third-order valence-electron chi connectivity index (χ3n) is 4.42. The molecule has 1 aliphatic carbocycles.